The Morgan fingerprint density at radius 3 is 3.04 bits per heavy atom. The largest absolute Gasteiger partial charge is 0.441 e. The summed E-state index contributed by atoms with van der Waals surface area (Å²) in [6.45, 7) is 1.67. The normalized spacial score (nSPS) is 17.2. The van der Waals surface area contributed by atoms with Gasteiger partial charge in [0.15, 0.2) is 11.7 Å². The van der Waals surface area contributed by atoms with Gasteiger partial charge in [-0.2, -0.15) is 0 Å². The predicted octanol–water partition coefficient (Wildman–Crippen LogP) is 3.79. The highest BCUT2D eigenvalue weighted by Gasteiger charge is 2.27. The molecule has 7 heteroatoms. The number of halogens is 2. The third-order valence-corrected chi connectivity index (χ3v) is 4.99. The highest BCUT2D eigenvalue weighted by atomic mass is 35.5. The molecule has 1 unspecified atom stereocenters. The lowest BCUT2D eigenvalue weighted by Crippen LogP contribution is -2.40. The Balaban J connectivity index is 1.61. The lowest BCUT2D eigenvalue weighted by Gasteiger charge is -2.24. The first-order valence-electron chi connectivity index (χ1n) is 8.42. The molecule has 0 radical (unpaired) electrons. The quantitative estimate of drug-likeness (QED) is 0.826. The van der Waals surface area contributed by atoms with E-state index in [1.807, 2.05) is 11.9 Å². The van der Waals surface area contributed by atoms with Crippen molar-refractivity contribution in [3.63, 3.8) is 0 Å². The Bertz CT molecular complexity index is 748. The molecule has 0 spiro atoms. The molecule has 5 nitrogen and oxygen atoms in total. The third-order valence-electron chi connectivity index (χ3n) is 4.44. The number of likely N-dealkylation sites (tertiary alicyclic amines) is 1. The zero-order valence-electron chi connectivity index (χ0n) is 14.1. The number of amides is 1. The Morgan fingerprint density at radius 1 is 1.44 bits per heavy atom. The second kappa shape index (κ2) is 8.21. The highest BCUT2D eigenvalue weighted by Crippen LogP contribution is 2.31. The van der Waals surface area contributed by atoms with E-state index in [-0.39, 0.29) is 5.91 Å². The van der Waals surface area contributed by atoms with Crippen molar-refractivity contribution in [3.05, 3.63) is 40.3 Å². The van der Waals surface area contributed by atoms with Crippen LogP contribution in [0.5, 0.6) is 0 Å². The first-order chi connectivity index (χ1) is 12.1. The molecule has 0 saturated carbocycles. The van der Waals surface area contributed by atoms with E-state index in [0.717, 1.165) is 31.5 Å². The molecule has 1 amide bonds. The fourth-order valence-corrected chi connectivity index (χ4v) is 3.71. The minimum Gasteiger partial charge on any atom is -0.441 e. The van der Waals surface area contributed by atoms with Gasteiger partial charge in [-0.1, -0.05) is 23.2 Å². The summed E-state index contributed by atoms with van der Waals surface area (Å²) in [5, 5.41) is 4.23. The Labute approximate surface area is 157 Å². The monoisotopic (exact) mass is 381 g/mol. The van der Waals surface area contributed by atoms with Crippen molar-refractivity contribution in [2.45, 2.75) is 31.7 Å². The molecule has 3 rings (SSSR count). The van der Waals surface area contributed by atoms with Crippen LogP contribution in [0.3, 0.4) is 0 Å². The van der Waals surface area contributed by atoms with Gasteiger partial charge in [0.05, 0.1) is 11.2 Å². The molecular formula is C18H21Cl2N3O2. The number of aryl methyl sites for hydroxylation is 1. The number of benzene rings is 1. The molecule has 1 saturated heterocycles. The number of aromatic nitrogens is 1. The van der Waals surface area contributed by atoms with Crippen molar-refractivity contribution >= 4 is 29.1 Å². The minimum atomic E-state index is 0.155. The number of carbonyl (C=O) groups is 1. The number of rotatable bonds is 6. The Morgan fingerprint density at radius 2 is 2.28 bits per heavy atom. The smallest absolute Gasteiger partial charge is 0.223 e. The van der Waals surface area contributed by atoms with Gasteiger partial charge in [0.2, 0.25) is 5.91 Å². The maximum absolute atomic E-state index is 12.5. The van der Waals surface area contributed by atoms with Crippen molar-refractivity contribution in [3.8, 4) is 11.3 Å². The maximum Gasteiger partial charge on any atom is 0.223 e. The second-order valence-corrected chi connectivity index (χ2v) is 7.03. The van der Waals surface area contributed by atoms with E-state index in [2.05, 4.69) is 10.3 Å². The minimum absolute atomic E-state index is 0.155. The molecule has 25 heavy (non-hydrogen) atoms. The van der Waals surface area contributed by atoms with Crippen LogP contribution in [-0.2, 0) is 11.2 Å². The topological polar surface area (TPSA) is 58.4 Å². The molecule has 1 aliphatic rings. The van der Waals surface area contributed by atoms with Crippen molar-refractivity contribution in [1.29, 1.82) is 0 Å². The Kier molecular flexibility index (Phi) is 5.99. The SMILES string of the molecule is CNCC1CCCN1C(=O)CCc1ncc(-c2ccc(Cl)cc2Cl)o1. The van der Waals surface area contributed by atoms with Gasteiger partial charge in [0, 0.05) is 42.6 Å². The fourth-order valence-electron chi connectivity index (χ4n) is 3.21. The molecule has 0 bridgehead atoms. The van der Waals surface area contributed by atoms with Crippen LogP contribution in [0.1, 0.15) is 25.2 Å². The number of hydrogen-bond donors (Lipinski definition) is 1. The van der Waals surface area contributed by atoms with Crippen LogP contribution in [0.25, 0.3) is 11.3 Å². The van der Waals surface area contributed by atoms with Crippen molar-refractivity contribution < 1.29 is 9.21 Å². The summed E-state index contributed by atoms with van der Waals surface area (Å²) in [5.41, 5.74) is 0.741. The molecule has 1 N–H and O–H groups in total. The molecule has 1 fully saturated rings. The van der Waals surface area contributed by atoms with E-state index in [1.165, 1.54) is 0 Å². The van der Waals surface area contributed by atoms with E-state index in [4.69, 9.17) is 27.6 Å². The van der Waals surface area contributed by atoms with E-state index in [0.29, 0.717) is 40.6 Å². The molecule has 1 atom stereocenters. The summed E-state index contributed by atoms with van der Waals surface area (Å²) >= 11 is 12.1. The molecular weight excluding hydrogens is 361 g/mol. The summed E-state index contributed by atoms with van der Waals surface area (Å²) in [4.78, 5) is 18.7. The van der Waals surface area contributed by atoms with E-state index < -0.39 is 0 Å². The number of nitrogens with zero attached hydrogens (tertiary/aromatic N) is 2. The number of hydrogen-bond acceptors (Lipinski definition) is 4. The zero-order valence-corrected chi connectivity index (χ0v) is 15.6. The van der Waals surface area contributed by atoms with E-state index in [1.54, 1.807) is 24.4 Å². The van der Waals surface area contributed by atoms with Crippen molar-refractivity contribution in [2.24, 2.45) is 0 Å². The highest BCUT2D eigenvalue weighted by molar-refractivity contribution is 6.36. The van der Waals surface area contributed by atoms with E-state index in [9.17, 15) is 4.79 Å². The van der Waals surface area contributed by atoms with Crippen LogP contribution in [0.2, 0.25) is 10.0 Å². The standard InChI is InChI=1S/C18H21Cl2N3O2/c1-21-10-13-3-2-8-23(13)18(24)7-6-17-22-11-16(25-17)14-5-4-12(19)9-15(14)20/h4-5,9,11,13,21H,2-3,6-8,10H2,1H3. The summed E-state index contributed by atoms with van der Waals surface area (Å²) in [7, 11) is 1.91. The summed E-state index contributed by atoms with van der Waals surface area (Å²) in [5.74, 6) is 1.28. The number of nitrogens with one attached hydrogen (secondary N) is 1. The average Bonchev–Trinajstić information content (AvgIpc) is 3.22. The molecule has 1 aromatic heterocycles. The Hall–Kier alpha value is -1.56. The molecule has 2 aromatic rings. The molecule has 134 valence electrons. The maximum atomic E-state index is 12.5. The number of carbonyl (C=O) groups excluding carboxylic acids is 1. The van der Waals surface area contributed by atoms with Crippen LogP contribution < -0.4 is 5.32 Å². The van der Waals surface area contributed by atoms with E-state index >= 15 is 0 Å². The van der Waals surface area contributed by atoms with Gasteiger partial charge in [-0.15, -0.1) is 0 Å². The first-order valence-corrected chi connectivity index (χ1v) is 9.18. The van der Waals surface area contributed by atoms with Crippen LogP contribution in [0.15, 0.2) is 28.8 Å². The van der Waals surface area contributed by atoms with Crippen LogP contribution >= 0.6 is 23.2 Å². The predicted molar refractivity (Wildman–Crippen MR) is 98.9 cm³/mol. The summed E-state index contributed by atoms with van der Waals surface area (Å²) < 4.78 is 5.76. The van der Waals surface area contributed by atoms with Crippen molar-refractivity contribution in [1.82, 2.24) is 15.2 Å². The molecule has 1 aromatic carbocycles. The van der Waals surface area contributed by atoms with Crippen LogP contribution in [-0.4, -0.2) is 42.0 Å². The fraction of sp³-hybridized carbons (Fsp3) is 0.444. The summed E-state index contributed by atoms with van der Waals surface area (Å²) in [6.07, 6.45) is 4.64. The van der Waals surface area contributed by atoms with Crippen LogP contribution in [0.4, 0.5) is 0 Å². The second-order valence-electron chi connectivity index (χ2n) is 6.18. The first kappa shape index (κ1) is 18.2. The number of oxazole rings is 1. The average molecular weight is 382 g/mol. The zero-order chi connectivity index (χ0) is 17.8. The summed E-state index contributed by atoms with van der Waals surface area (Å²) in [6, 6.07) is 5.51. The van der Waals surface area contributed by atoms with Crippen LogP contribution in [0, 0.1) is 0 Å². The molecule has 1 aliphatic heterocycles. The van der Waals surface area contributed by atoms with Gasteiger partial charge in [-0.25, -0.2) is 4.98 Å². The van der Waals surface area contributed by atoms with Crippen molar-refractivity contribution in [2.75, 3.05) is 20.1 Å². The third kappa shape index (κ3) is 4.35. The molecule has 0 aliphatic carbocycles. The van der Waals surface area contributed by atoms with Gasteiger partial charge in [-0.3, -0.25) is 4.79 Å². The van der Waals surface area contributed by atoms with Gasteiger partial charge in [0.25, 0.3) is 0 Å². The lowest BCUT2D eigenvalue weighted by molar-refractivity contribution is -0.131. The van der Waals surface area contributed by atoms with Gasteiger partial charge in [0.1, 0.15) is 0 Å². The van der Waals surface area contributed by atoms with Gasteiger partial charge >= 0.3 is 0 Å². The molecule has 2 heterocycles. The van der Waals surface area contributed by atoms with Gasteiger partial charge in [-0.05, 0) is 38.1 Å². The number of likely N-dealkylation sites (N-methyl/N-ethyl adjacent to an activating group) is 1. The lowest BCUT2D eigenvalue weighted by atomic mass is 10.2. The van der Waals surface area contributed by atoms with Gasteiger partial charge < -0.3 is 14.6 Å².